The molecule has 0 saturated carbocycles. The predicted molar refractivity (Wildman–Crippen MR) is 120 cm³/mol. The zero-order valence-electron chi connectivity index (χ0n) is 16.1. The number of carbonyl (C=O) groups is 1. The molecule has 11 heteroatoms. The minimum atomic E-state index is -4.88. The highest BCUT2D eigenvalue weighted by atomic mass is 127. The van der Waals surface area contributed by atoms with Gasteiger partial charge in [-0.05, 0) is 24.6 Å². The van der Waals surface area contributed by atoms with Crippen LogP contribution in [-0.4, -0.2) is 21.0 Å². The molecule has 0 bridgehead atoms. The summed E-state index contributed by atoms with van der Waals surface area (Å²) in [6.45, 7) is 2.09. The van der Waals surface area contributed by atoms with Crippen LogP contribution in [0.4, 0.5) is 24.0 Å². The molecule has 6 nitrogen and oxygen atoms in total. The van der Waals surface area contributed by atoms with Gasteiger partial charge in [-0.25, -0.2) is 14.8 Å². The summed E-state index contributed by atoms with van der Waals surface area (Å²) in [5, 5.41) is 11.6. The number of ether oxygens (including phenoxy) is 1. The van der Waals surface area contributed by atoms with Crippen molar-refractivity contribution in [1.29, 1.82) is 0 Å². The fraction of sp³-hybridized carbons (Fsp3) is 0.250. The van der Waals surface area contributed by atoms with Crippen LogP contribution in [0.25, 0.3) is 0 Å². The quantitative estimate of drug-likeness (QED) is 0.226. The largest absolute Gasteiger partial charge is 0.477 e. The number of aromatic carboxylic acids is 1. The van der Waals surface area contributed by atoms with Gasteiger partial charge in [0.05, 0.1) is 0 Å². The molecule has 164 valence electrons. The van der Waals surface area contributed by atoms with E-state index in [0.717, 1.165) is 18.4 Å². The van der Waals surface area contributed by atoms with E-state index < -0.39 is 22.7 Å². The molecule has 1 aromatic carbocycles. The van der Waals surface area contributed by atoms with Crippen LogP contribution in [0.3, 0.4) is 0 Å². The molecule has 2 N–H and O–H groups in total. The molecule has 2 heterocycles. The number of carboxylic acids is 1. The van der Waals surface area contributed by atoms with Gasteiger partial charge in [-0.3, -0.25) is 0 Å². The number of para-hydroxylation sites is 1. The molecule has 0 aliphatic rings. The van der Waals surface area contributed by atoms with Crippen molar-refractivity contribution in [1.82, 2.24) is 9.97 Å². The zero-order valence-corrected chi connectivity index (χ0v) is 19.1. The first-order valence-corrected chi connectivity index (χ1v) is 11.2. The Hall–Kier alpha value is -2.41. The van der Waals surface area contributed by atoms with Gasteiger partial charge in [0.25, 0.3) is 0 Å². The first kappa shape index (κ1) is 23.3. The number of pyridine rings is 1. The average Bonchev–Trinajstić information content (AvgIpc) is 3.15. The summed E-state index contributed by atoms with van der Waals surface area (Å²) < 4.78 is 45.6. The Balaban J connectivity index is 1.92. The van der Waals surface area contributed by atoms with Gasteiger partial charge >= 0.3 is 12.1 Å². The lowest BCUT2D eigenvalue weighted by molar-refractivity contribution is -0.141. The highest BCUT2D eigenvalue weighted by molar-refractivity contribution is 14.1. The van der Waals surface area contributed by atoms with Crippen LogP contribution < -0.4 is 10.1 Å². The first-order valence-electron chi connectivity index (χ1n) is 9.15. The van der Waals surface area contributed by atoms with Gasteiger partial charge in [-0.2, -0.15) is 13.2 Å². The molecule has 0 amide bonds. The Kier molecular flexibility index (Phi) is 7.36. The van der Waals surface area contributed by atoms with Crippen molar-refractivity contribution >= 4 is 50.7 Å². The van der Waals surface area contributed by atoms with Crippen LogP contribution in [0, 0.1) is 0 Å². The predicted octanol–water partition coefficient (Wildman–Crippen LogP) is 7.07. The van der Waals surface area contributed by atoms with Gasteiger partial charge in [0, 0.05) is 15.7 Å². The molecular weight excluding hydrogens is 546 g/mol. The minimum Gasteiger partial charge on any atom is -0.477 e. The van der Waals surface area contributed by atoms with Crippen LogP contribution >= 0.6 is 33.9 Å². The van der Waals surface area contributed by atoms with Crippen LogP contribution in [-0.2, 0) is 6.18 Å². The lowest BCUT2D eigenvalue weighted by Crippen LogP contribution is -2.11. The Labute approximate surface area is 193 Å². The molecule has 0 aliphatic carbocycles. The SMILES string of the molecule is CCCC(I)c1ccccc1Oc1ncccc1Nc1nc(C(F)(F)F)c(C(=O)O)s1. The van der Waals surface area contributed by atoms with Gasteiger partial charge < -0.3 is 15.2 Å². The molecule has 1 atom stereocenters. The third-order valence-corrected chi connectivity index (χ3v) is 6.36. The maximum absolute atomic E-state index is 13.1. The lowest BCUT2D eigenvalue weighted by atomic mass is 10.1. The molecule has 0 aliphatic heterocycles. The molecule has 0 fully saturated rings. The van der Waals surface area contributed by atoms with E-state index in [2.05, 4.69) is 44.8 Å². The molecule has 2 aromatic heterocycles. The van der Waals surface area contributed by atoms with Crippen molar-refractivity contribution in [3.05, 3.63) is 58.7 Å². The number of alkyl halides is 4. The van der Waals surface area contributed by atoms with Crippen LogP contribution in [0.2, 0.25) is 0 Å². The fourth-order valence-corrected chi connectivity index (χ4v) is 4.71. The number of carboxylic acid groups (broad SMARTS) is 1. The van der Waals surface area contributed by atoms with Gasteiger partial charge in [0.15, 0.2) is 10.8 Å². The molecule has 3 rings (SSSR count). The highest BCUT2D eigenvalue weighted by Crippen LogP contribution is 2.40. The van der Waals surface area contributed by atoms with Gasteiger partial charge in [0.1, 0.15) is 16.3 Å². The van der Waals surface area contributed by atoms with Gasteiger partial charge in [0.2, 0.25) is 5.88 Å². The van der Waals surface area contributed by atoms with E-state index in [4.69, 9.17) is 9.84 Å². The minimum absolute atomic E-state index is 0.135. The number of halogens is 4. The smallest absolute Gasteiger partial charge is 0.435 e. The summed E-state index contributed by atoms with van der Waals surface area (Å²) in [7, 11) is 0. The zero-order chi connectivity index (χ0) is 22.6. The standard InChI is InChI=1S/C20H17F3IN3O3S/c1-2-6-12(24)11-7-3-4-9-14(11)30-17-13(8-5-10-25-17)26-19-27-16(20(21,22)23)15(31-19)18(28)29/h3-5,7-10,12H,2,6H2,1H3,(H,26,27)(H,28,29). The Morgan fingerprint density at radius 3 is 2.68 bits per heavy atom. The normalized spacial score (nSPS) is 12.4. The molecule has 3 aromatic rings. The summed E-state index contributed by atoms with van der Waals surface area (Å²) in [4.78, 5) is 17.9. The first-order chi connectivity index (χ1) is 14.7. The summed E-state index contributed by atoms with van der Waals surface area (Å²) in [5.74, 6) is -0.979. The van der Waals surface area contributed by atoms with Crippen molar-refractivity contribution in [2.75, 3.05) is 5.32 Å². The number of benzene rings is 1. The molecule has 1 unspecified atom stereocenters. The topological polar surface area (TPSA) is 84.3 Å². The maximum atomic E-state index is 13.1. The summed E-state index contributed by atoms with van der Waals surface area (Å²) in [6, 6.07) is 10.6. The van der Waals surface area contributed by atoms with E-state index in [-0.39, 0.29) is 20.6 Å². The van der Waals surface area contributed by atoms with E-state index in [1.165, 1.54) is 6.20 Å². The number of hydrogen-bond donors (Lipinski definition) is 2. The second kappa shape index (κ2) is 9.81. The number of nitrogens with one attached hydrogen (secondary N) is 1. The lowest BCUT2D eigenvalue weighted by Gasteiger charge is -2.16. The number of nitrogens with zero attached hydrogens (tertiary/aromatic N) is 2. The molecule has 0 radical (unpaired) electrons. The monoisotopic (exact) mass is 563 g/mol. The third kappa shape index (κ3) is 5.64. The highest BCUT2D eigenvalue weighted by Gasteiger charge is 2.39. The second-order valence-corrected chi connectivity index (χ2v) is 8.88. The molecule has 0 spiro atoms. The van der Waals surface area contributed by atoms with E-state index in [1.54, 1.807) is 18.2 Å². The van der Waals surface area contributed by atoms with E-state index >= 15 is 0 Å². The van der Waals surface area contributed by atoms with Crippen LogP contribution in [0.1, 0.15) is 44.6 Å². The van der Waals surface area contributed by atoms with Crippen molar-refractivity contribution < 1.29 is 27.8 Å². The molecular formula is C20H17F3IN3O3S. The van der Waals surface area contributed by atoms with Crippen molar-refractivity contribution in [3.63, 3.8) is 0 Å². The Morgan fingerprint density at radius 1 is 1.29 bits per heavy atom. The summed E-state index contributed by atoms with van der Waals surface area (Å²) in [6.07, 6.45) is -1.45. The number of rotatable bonds is 8. The van der Waals surface area contributed by atoms with Crippen molar-refractivity contribution in [2.45, 2.75) is 29.9 Å². The van der Waals surface area contributed by atoms with Crippen LogP contribution in [0.5, 0.6) is 11.6 Å². The number of hydrogen-bond acceptors (Lipinski definition) is 6. The van der Waals surface area contributed by atoms with Crippen molar-refractivity contribution in [2.24, 2.45) is 0 Å². The fourth-order valence-electron chi connectivity index (χ4n) is 2.74. The number of thiazole rings is 1. The number of anilines is 2. The van der Waals surface area contributed by atoms with E-state index in [9.17, 15) is 18.0 Å². The Morgan fingerprint density at radius 2 is 2.03 bits per heavy atom. The Bertz CT molecular complexity index is 1080. The third-order valence-electron chi connectivity index (χ3n) is 4.11. The van der Waals surface area contributed by atoms with E-state index in [1.807, 2.05) is 18.2 Å². The maximum Gasteiger partial charge on any atom is 0.435 e. The van der Waals surface area contributed by atoms with Gasteiger partial charge in [-0.1, -0.05) is 65.5 Å². The molecule has 31 heavy (non-hydrogen) atoms. The van der Waals surface area contributed by atoms with Gasteiger partial charge in [-0.15, -0.1) is 0 Å². The van der Waals surface area contributed by atoms with Crippen LogP contribution in [0.15, 0.2) is 42.6 Å². The van der Waals surface area contributed by atoms with E-state index in [0.29, 0.717) is 17.1 Å². The second-order valence-electron chi connectivity index (χ2n) is 6.38. The summed E-state index contributed by atoms with van der Waals surface area (Å²) in [5.41, 5.74) is -0.211. The molecule has 0 saturated heterocycles. The number of aromatic nitrogens is 2. The average molecular weight is 563 g/mol. The van der Waals surface area contributed by atoms with Crippen molar-refractivity contribution in [3.8, 4) is 11.6 Å². The summed E-state index contributed by atoms with van der Waals surface area (Å²) >= 11 is 2.73.